The first-order chi connectivity index (χ1) is 11.4. The molecule has 126 valence electrons. The number of hydrogen-bond donors (Lipinski definition) is 1. The molecule has 0 atom stereocenters. The summed E-state index contributed by atoms with van der Waals surface area (Å²) in [5, 5.41) is 2.76. The van der Waals surface area contributed by atoms with Crippen molar-refractivity contribution in [1.29, 1.82) is 0 Å². The Morgan fingerprint density at radius 1 is 1.00 bits per heavy atom. The standard InChI is InChI=1S/C17H17NO5S/c1-24(20,21)14-6-3-12(4-7-14)17(19)18-13-5-8-15-16(11-13)23-10-2-9-22-15/h3-8,11H,2,9-10H2,1H3,(H,18,19). The van der Waals surface area contributed by atoms with Crippen LogP contribution >= 0.6 is 0 Å². The molecule has 0 aliphatic carbocycles. The molecule has 3 rings (SSSR count). The summed E-state index contributed by atoms with van der Waals surface area (Å²) >= 11 is 0. The molecular weight excluding hydrogens is 330 g/mol. The minimum Gasteiger partial charge on any atom is -0.490 e. The number of sulfone groups is 1. The average molecular weight is 347 g/mol. The molecule has 1 amide bonds. The molecule has 0 unspecified atom stereocenters. The van der Waals surface area contributed by atoms with Crippen LogP contribution in [-0.2, 0) is 9.84 Å². The maximum atomic E-state index is 12.3. The molecule has 2 aromatic rings. The van der Waals surface area contributed by atoms with E-state index in [-0.39, 0.29) is 10.8 Å². The molecule has 0 bridgehead atoms. The lowest BCUT2D eigenvalue weighted by molar-refractivity contribution is 0.102. The zero-order chi connectivity index (χ0) is 17.2. The Bertz CT molecular complexity index is 859. The van der Waals surface area contributed by atoms with E-state index in [2.05, 4.69) is 5.32 Å². The zero-order valence-corrected chi connectivity index (χ0v) is 13.9. The quantitative estimate of drug-likeness (QED) is 0.922. The second-order valence-corrected chi connectivity index (χ2v) is 7.48. The molecule has 1 N–H and O–H groups in total. The van der Waals surface area contributed by atoms with Crippen LogP contribution in [0.3, 0.4) is 0 Å². The largest absolute Gasteiger partial charge is 0.490 e. The Balaban J connectivity index is 1.76. The fourth-order valence-corrected chi connectivity index (χ4v) is 2.93. The van der Waals surface area contributed by atoms with Crippen LogP contribution in [0.1, 0.15) is 16.8 Å². The van der Waals surface area contributed by atoms with Gasteiger partial charge in [0.05, 0.1) is 18.1 Å². The van der Waals surface area contributed by atoms with E-state index in [9.17, 15) is 13.2 Å². The van der Waals surface area contributed by atoms with E-state index in [1.807, 2.05) is 0 Å². The fourth-order valence-electron chi connectivity index (χ4n) is 2.30. The monoisotopic (exact) mass is 347 g/mol. The molecule has 6 nitrogen and oxygen atoms in total. The summed E-state index contributed by atoms with van der Waals surface area (Å²) in [4.78, 5) is 12.5. The van der Waals surface area contributed by atoms with Gasteiger partial charge in [-0.15, -0.1) is 0 Å². The maximum Gasteiger partial charge on any atom is 0.255 e. The molecule has 1 heterocycles. The number of ether oxygens (including phenoxy) is 2. The molecule has 24 heavy (non-hydrogen) atoms. The third kappa shape index (κ3) is 3.68. The summed E-state index contributed by atoms with van der Waals surface area (Å²) in [6, 6.07) is 11.0. The number of hydrogen-bond acceptors (Lipinski definition) is 5. The molecule has 0 radical (unpaired) electrons. The molecule has 7 heteroatoms. The molecule has 0 saturated carbocycles. The SMILES string of the molecule is CS(=O)(=O)c1ccc(C(=O)Nc2ccc3c(c2)OCCCO3)cc1. The third-order valence-electron chi connectivity index (χ3n) is 3.55. The highest BCUT2D eigenvalue weighted by Crippen LogP contribution is 2.32. The number of anilines is 1. The Hall–Kier alpha value is -2.54. The van der Waals surface area contributed by atoms with E-state index >= 15 is 0 Å². The van der Waals surface area contributed by atoms with Crippen molar-refractivity contribution in [3.8, 4) is 11.5 Å². The maximum absolute atomic E-state index is 12.3. The Morgan fingerprint density at radius 2 is 1.67 bits per heavy atom. The predicted octanol–water partition coefficient (Wildman–Crippen LogP) is 2.50. The lowest BCUT2D eigenvalue weighted by Gasteiger charge is -2.10. The van der Waals surface area contributed by atoms with Gasteiger partial charge in [-0.2, -0.15) is 0 Å². The van der Waals surface area contributed by atoms with Gasteiger partial charge in [0, 0.05) is 30.0 Å². The fraction of sp³-hybridized carbons (Fsp3) is 0.235. The number of amides is 1. The summed E-state index contributed by atoms with van der Waals surface area (Å²) in [7, 11) is -3.28. The highest BCUT2D eigenvalue weighted by atomic mass is 32.2. The van der Waals surface area contributed by atoms with Crippen LogP contribution in [0.2, 0.25) is 0 Å². The summed E-state index contributed by atoms with van der Waals surface area (Å²) in [5.41, 5.74) is 0.950. The van der Waals surface area contributed by atoms with Gasteiger partial charge in [-0.3, -0.25) is 4.79 Å². The Labute approximate surface area is 140 Å². The van der Waals surface area contributed by atoms with Gasteiger partial charge in [0.2, 0.25) is 0 Å². The van der Waals surface area contributed by atoms with Gasteiger partial charge in [-0.05, 0) is 36.4 Å². The molecular formula is C17H17NO5S. The van der Waals surface area contributed by atoms with Crippen molar-refractivity contribution in [3.05, 3.63) is 48.0 Å². The first-order valence-electron chi connectivity index (χ1n) is 7.44. The molecule has 1 aliphatic heterocycles. The Morgan fingerprint density at radius 3 is 2.33 bits per heavy atom. The minimum absolute atomic E-state index is 0.176. The summed E-state index contributed by atoms with van der Waals surface area (Å²) in [5.74, 6) is 0.922. The van der Waals surface area contributed by atoms with Crippen molar-refractivity contribution >= 4 is 21.4 Å². The van der Waals surface area contributed by atoms with E-state index in [1.165, 1.54) is 24.3 Å². The predicted molar refractivity (Wildman–Crippen MR) is 89.6 cm³/mol. The molecule has 1 aliphatic rings. The first kappa shape index (κ1) is 16.3. The van der Waals surface area contributed by atoms with Crippen molar-refractivity contribution in [3.63, 3.8) is 0 Å². The van der Waals surface area contributed by atoms with Crippen LogP contribution < -0.4 is 14.8 Å². The van der Waals surface area contributed by atoms with Gasteiger partial charge < -0.3 is 14.8 Å². The molecule has 0 aromatic heterocycles. The van der Waals surface area contributed by atoms with Gasteiger partial charge in [0.1, 0.15) is 0 Å². The van der Waals surface area contributed by atoms with E-state index in [0.717, 1.165) is 12.7 Å². The zero-order valence-electron chi connectivity index (χ0n) is 13.1. The molecule has 0 spiro atoms. The number of carbonyl (C=O) groups is 1. The van der Waals surface area contributed by atoms with Gasteiger partial charge in [-0.25, -0.2) is 8.42 Å². The van der Waals surface area contributed by atoms with Gasteiger partial charge >= 0.3 is 0 Å². The molecule has 0 saturated heterocycles. The molecule has 2 aromatic carbocycles. The lowest BCUT2D eigenvalue weighted by atomic mass is 10.2. The van der Waals surface area contributed by atoms with Gasteiger partial charge in [-0.1, -0.05) is 0 Å². The number of carbonyl (C=O) groups excluding carboxylic acids is 1. The number of benzene rings is 2. The minimum atomic E-state index is -3.28. The summed E-state index contributed by atoms with van der Waals surface area (Å²) in [6.45, 7) is 1.17. The van der Waals surface area contributed by atoms with Crippen molar-refractivity contribution < 1.29 is 22.7 Å². The van der Waals surface area contributed by atoms with E-state index < -0.39 is 9.84 Å². The third-order valence-corrected chi connectivity index (χ3v) is 4.68. The van der Waals surface area contributed by atoms with Crippen LogP contribution in [0.25, 0.3) is 0 Å². The van der Waals surface area contributed by atoms with Crippen LogP contribution in [0, 0.1) is 0 Å². The second kappa shape index (κ2) is 6.52. The van der Waals surface area contributed by atoms with Gasteiger partial charge in [0.15, 0.2) is 21.3 Å². The average Bonchev–Trinajstić information content (AvgIpc) is 2.79. The first-order valence-corrected chi connectivity index (χ1v) is 9.34. The number of nitrogens with one attached hydrogen (secondary N) is 1. The smallest absolute Gasteiger partial charge is 0.255 e. The van der Waals surface area contributed by atoms with E-state index in [4.69, 9.17) is 9.47 Å². The van der Waals surface area contributed by atoms with Gasteiger partial charge in [0.25, 0.3) is 5.91 Å². The van der Waals surface area contributed by atoms with Crippen LogP contribution in [-0.4, -0.2) is 33.8 Å². The number of fused-ring (bicyclic) bond motifs is 1. The summed E-state index contributed by atoms with van der Waals surface area (Å²) < 4.78 is 34.0. The van der Waals surface area contributed by atoms with E-state index in [0.29, 0.717) is 36.0 Å². The summed E-state index contributed by atoms with van der Waals surface area (Å²) in [6.07, 6.45) is 1.93. The van der Waals surface area contributed by atoms with E-state index in [1.54, 1.807) is 18.2 Å². The van der Waals surface area contributed by atoms with Crippen LogP contribution in [0.15, 0.2) is 47.4 Å². The number of rotatable bonds is 3. The van der Waals surface area contributed by atoms with Crippen LogP contribution in [0.5, 0.6) is 11.5 Å². The lowest BCUT2D eigenvalue weighted by Crippen LogP contribution is -2.12. The Kier molecular flexibility index (Phi) is 4.44. The molecule has 0 fully saturated rings. The van der Waals surface area contributed by atoms with Crippen molar-refractivity contribution in [1.82, 2.24) is 0 Å². The van der Waals surface area contributed by atoms with Crippen molar-refractivity contribution in [2.75, 3.05) is 24.8 Å². The van der Waals surface area contributed by atoms with Crippen molar-refractivity contribution in [2.45, 2.75) is 11.3 Å². The van der Waals surface area contributed by atoms with Crippen LogP contribution in [0.4, 0.5) is 5.69 Å². The highest BCUT2D eigenvalue weighted by Gasteiger charge is 2.13. The highest BCUT2D eigenvalue weighted by molar-refractivity contribution is 7.90. The van der Waals surface area contributed by atoms with Crippen molar-refractivity contribution in [2.24, 2.45) is 0 Å². The topological polar surface area (TPSA) is 81.7 Å². The second-order valence-electron chi connectivity index (χ2n) is 5.46. The normalized spacial score (nSPS) is 13.9.